The molecule has 0 spiro atoms. The van der Waals surface area contributed by atoms with Crippen LogP contribution in [0.3, 0.4) is 0 Å². The summed E-state index contributed by atoms with van der Waals surface area (Å²) in [5, 5.41) is 4.27. The third-order valence-corrected chi connectivity index (χ3v) is 4.96. The van der Waals surface area contributed by atoms with Crippen molar-refractivity contribution in [1.29, 1.82) is 0 Å². The second-order valence-corrected chi connectivity index (χ2v) is 6.63. The minimum atomic E-state index is -0.212. The van der Waals surface area contributed by atoms with Crippen molar-refractivity contribution < 1.29 is 4.79 Å². The van der Waals surface area contributed by atoms with Crippen molar-refractivity contribution in [3.05, 3.63) is 29.3 Å². The maximum atomic E-state index is 12.5. The summed E-state index contributed by atoms with van der Waals surface area (Å²) in [4.78, 5) is 17.0. The first-order valence-electron chi connectivity index (χ1n) is 6.76. The molecule has 19 heavy (non-hydrogen) atoms. The first-order chi connectivity index (χ1) is 9.17. The van der Waals surface area contributed by atoms with Gasteiger partial charge < -0.3 is 5.32 Å². The number of ketones is 1. The van der Waals surface area contributed by atoms with E-state index in [0.29, 0.717) is 12.2 Å². The largest absolute Gasteiger partial charge is 0.316 e. The van der Waals surface area contributed by atoms with Crippen LogP contribution < -0.4 is 5.32 Å². The predicted octanol–water partition coefficient (Wildman–Crippen LogP) is 2.80. The SMILES string of the molecule is CC1(C(=O)Cc2nc3ccccc3s2)CCCNC1. The summed E-state index contributed by atoms with van der Waals surface area (Å²) >= 11 is 1.64. The molecule has 2 heterocycles. The average molecular weight is 274 g/mol. The fourth-order valence-electron chi connectivity index (χ4n) is 2.64. The number of nitrogens with one attached hydrogen (secondary N) is 1. The van der Waals surface area contributed by atoms with Crippen LogP contribution >= 0.6 is 11.3 Å². The molecular weight excluding hydrogens is 256 g/mol. The van der Waals surface area contributed by atoms with Crippen LogP contribution in [0, 0.1) is 5.41 Å². The van der Waals surface area contributed by atoms with Gasteiger partial charge in [0.2, 0.25) is 0 Å². The lowest BCUT2D eigenvalue weighted by molar-refractivity contribution is -0.128. The van der Waals surface area contributed by atoms with E-state index in [9.17, 15) is 4.79 Å². The number of benzene rings is 1. The Kier molecular flexibility index (Phi) is 3.37. The molecule has 1 aliphatic rings. The van der Waals surface area contributed by atoms with Crippen LogP contribution in [0.15, 0.2) is 24.3 Å². The summed E-state index contributed by atoms with van der Waals surface area (Å²) in [5.41, 5.74) is 0.790. The van der Waals surface area contributed by atoms with Gasteiger partial charge in [0.1, 0.15) is 10.8 Å². The Morgan fingerprint density at radius 3 is 3.05 bits per heavy atom. The molecule has 1 unspecified atom stereocenters. The summed E-state index contributed by atoms with van der Waals surface area (Å²) in [6.07, 6.45) is 2.54. The van der Waals surface area contributed by atoms with E-state index in [4.69, 9.17) is 0 Å². The van der Waals surface area contributed by atoms with Crippen molar-refractivity contribution in [2.45, 2.75) is 26.2 Å². The number of hydrogen-bond acceptors (Lipinski definition) is 4. The Hall–Kier alpha value is -1.26. The Labute approximate surface area is 117 Å². The average Bonchev–Trinajstić information content (AvgIpc) is 2.81. The van der Waals surface area contributed by atoms with Crippen LogP contribution in [0.2, 0.25) is 0 Å². The number of para-hydroxylation sites is 1. The van der Waals surface area contributed by atoms with Gasteiger partial charge >= 0.3 is 0 Å². The highest BCUT2D eigenvalue weighted by Gasteiger charge is 2.34. The lowest BCUT2D eigenvalue weighted by Crippen LogP contribution is -2.44. The monoisotopic (exact) mass is 274 g/mol. The lowest BCUT2D eigenvalue weighted by atomic mass is 9.78. The second-order valence-electron chi connectivity index (χ2n) is 5.52. The van der Waals surface area contributed by atoms with Gasteiger partial charge in [0.15, 0.2) is 0 Å². The molecule has 0 radical (unpaired) electrons. The summed E-state index contributed by atoms with van der Waals surface area (Å²) in [5.74, 6) is 0.318. The molecule has 0 amide bonds. The van der Waals surface area contributed by atoms with Gasteiger partial charge in [-0.1, -0.05) is 19.1 Å². The van der Waals surface area contributed by atoms with E-state index in [0.717, 1.165) is 41.2 Å². The van der Waals surface area contributed by atoms with Gasteiger partial charge in [-0.25, -0.2) is 4.98 Å². The van der Waals surface area contributed by atoms with Crippen molar-refractivity contribution in [1.82, 2.24) is 10.3 Å². The Bertz CT molecular complexity index is 566. The van der Waals surface area contributed by atoms with Gasteiger partial charge in [-0.05, 0) is 31.5 Å². The highest BCUT2D eigenvalue weighted by molar-refractivity contribution is 7.18. The quantitative estimate of drug-likeness (QED) is 0.936. The molecule has 2 aromatic rings. The zero-order chi connectivity index (χ0) is 13.3. The third-order valence-electron chi connectivity index (χ3n) is 3.92. The summed E-state index contributed by atoms with van der Waals surface area (Å²) in [7, 11) is 0. The number of nitrogens with zero attached hydrogens (tertiary/aromatic N) is 1. The second kappa shape index (κ2) is 5.02. The molecule has 4 heteroatoms. The van der Waals surface area contributed by atoms with Crippen molar-refractivity contribution in [3.8, 4) is 0 Å². The first kappa shape index (κ1) is 12.8. The van der Waals surface area contributed by atoms with E-state index in [2.05, 4.69) is 23.3 Å². The van der Waals surface area contributed by atoms with Gasteiger partial charge in [-0.15, -0.1) is 11.3 Å². The molecule has 1 N–H and O–H groups in total. The number of aromatic nitrogens is 1. The normalized spacial score (nSPS) is 23.6. The molecule has 1 aromatic heterocycles. The van der Waals surface area contributed by atoms with Gasteiger partial charge in [0, 0.05) is 12.0 Å². The lowest BCUT2D eigenvalue weighted by Gasteiger charge is -2.32. The molecule has 3 nitrogen and oxygen atoms in total. The number of piperidine rings is 1. The predicted molar refractivity (Wildman–Crippen MR) is 78.5 cm³/mol. The first-order valence-corrected chi connectivity index (χ1v) is 7.57. The molecule has 100 valence electrons. The highest BCUT2D eigenvalue weighted by atomic mass is 32.1. The molecule has 1 aromatic carbocycles. The number of thiazole rings is 1. The van der Waals surface area contributed by atoms with E-state index in [1.54, 1.807) is 11.3 Å². The van der Waals surface area contributed by atoms with Gasteiger partial charge in [-0.2, -0.15) is 0 Å². The number of hydrogen-bond donors (Lipinski definition) is 1. The van der Waals surface area contributed by atoms with Crippen molar-refractivity contribution >= 4 is 27.3 Å². The number of carbonyl (C=O) groups is 1. The molecule has 3 rings (SSSR count). The fraction of sp³-hybridized carbons (Fsp3) is 0.467. The summed E-state index contributed by atoms with van der Waals surface area (Å²) in [6.45, 7) is 3.91. The third kappa shape index (κ3) is 2.55. The van der Waals surface area contributed by atoms with Crippen LogP contribution in [0.4, 0.5) is 0 Å². The minimum absolute atomic E-state index is 0.212. The van der Waals surface area contributed by atoms with Crippen LogP contribution in [0.25, 0.3) is 10.2 Å². The molecule has 0 bridgehead atoms. The van der Waals surface area contributed by atoms with Crippen LogP contribution in [0.1, 0.15) is 24.8 Å². The van der Waals surface area contributed by atoms with Gasteiger partial charge in [0.25, 0.3) is 0 Å². The van der Waals surface area contributed by atoms with E-state index in [-0.39, 0.29) is 5.41 Å². The van der Waals surface area contributed by atoms with Gasteiger partial charge in [0.05, 0.1) is 16.6 Å². The molecule has 0 aliphatic carbocycles. The van der Waals surface area contributed by atoms with Crippen molar-refractivity contribution in [2.75, 3.05) is 13.1 Å². The summed E-state index contributed by atoms with van der Waals surface area (Å²) in [6, 6.07) is 8.06. The Morgan fingerprint density at radius 2 is 2.32 bits per heavy atom. The van der Waals surface area contributed by atoms with Gasteiger partial charge in [-0.3, -0.25) is 4.79 Å². The molecule has 1 aliphatic heterocycles. The standard InChI is InChI=1S/C15H18N2OS/c1-15(7-4-8-16-10-15)13(18)9-14-17-11-5-2-3-6-12(11)19-14/h2-3,5-6,16H,4,7-10H2,1H3. The summed E-state index contributed by atoms with van der Waals surface area (Å²) < 4.78 is 1.16. The van der Waals surface area contributed by atoms with E-state index in [1.165, 1.54) is 0 Å². The maximum absolute atomic E-state index is 12.5. The number of Topliss-reactive ketones (excluding diaryl/α,β-unsaturated/α-hetero) is 1. The molecule has 0 saturated carbocycles. The van der Waals surface area contributed by atoms with Crippen LogP contribution in [-0.4, -0.2) is 23.9 Å². The van der Waals surface area contributed by atoms with E-state index >= 15 is 0 Å². The van der Waals surface area contributed by atoms with Crippen molar-refractivity contribution in [3.63, 3.8) is 0 Å². The maximum Gasteiger partial charge on any atom is 0.146 e. The molecular formula is C15H18N2OS. The van der Waals surface area contributed by atoms with Crippen LogP contribution in [0.5, 0.6) is 0 Å². The van der Waals surface area contributed by atoms with Crippen molar-refractivity contribution in [2.24, 2.45) is 5.41 Å². The highest BCUT2D eigenvalue weighted by Crippen LogP contribution is 2.30. The topological polar surface area (TPSA) is 42.0 Å². The molecule has 1 fully saturated rings. The Morgan fingerprint density at radius 1 is 1.47 bits per heavy atom. The smallest absolute Gasteiger partial charge is 0.146 e. The zero-order valence-electron chi connectivity index (χ0n) is 11.1. The number of rotatable bonds is 3. The zero-order valence-corrected chi connectivity index (χ0v) is 11.9. The van der Waals surface area contributed by atoms with Crippen LogP contribution in [-0.2, 0) is 11.2 Å². The minimum Gasteiger partial charge on any atom is -0.316 e. The Balaban J connectivity index is 1.78. The fourth-order valence-corrected chi connectivity index (χ4v) is 3.61. The number of carbonyl (C=O) groups excluding carboxylic acids is 1. The van der Waals surface area contributed by atoms with E-state index in [1.807, 2.05) is 18.2 Å². The molecule has 1 saturated heterocycles. The number of fused-ring (bicyclic) bond motifs is 1. The van der Waals surface area contributed by atoms with E-state index < -0.39 is 0 Å². The molecule has 1 atom stereocenters.